The van der Waals surface area contributed by atoms with E-state index in [0.717, 1.165) is 25.3 Å². The molecule has 2 aromatic rings. The van der Waals surface area contributed by atoms with Crippen molar-refractivity contribution in [2.75, 3.05) is 20.2 Å². The van der Waals surface area contributed by atoms with Crippen LogP contribution in [0.1, 0.15) is 48.9 Å². The lowest BCUT2D eigenvalue weighted by Crippen LogP contribution is -2.41. The Morgan fingerprint density at radius 1 is 1.21 bits per heavy atom. The van der Waals surface area contributed by atoms with Crippen molar-refractivity contribution in [3.05, 3.63) is 65.2 Å². The van der Waals surface area contributed by atoms with Crippen LogP contribution in [-0.2, 0) is 17.8 Å². The van der Waals surface area contributed by atoms with E-state index >= 15 is 0 Å². The molecule has 3 unspecified atom stereocenters. The number of benzene rings is 2. The van der Waals surface area contributed by atoms with Gasteiger partial charge in [-0.2, -0.15) is 0 Å². The first kappa shape index (κ1) is 20.0. The highest BCUT2D eigenvalue weighted by Crippen LogP contribution is 2.36. The highest BCUT2D eigenvalue weighted by molar-refractivity contribution is 5.77. The van der Waals surface area contributed by atoms with Crippen LogP contribution >= 0.6 is 0 Å². The van der Waals surface area contributed by atoms with Crippen LogP contribution in [0.2, 0.25) is 0 Å². The first-order valence-corrected chi connectivity index (χ1v) is 10.9. The number of nitrogens with zero attached hydrogens (tertiary/aromatic N) is 1. The second kappa shape index (κ2) is 9.00. The molecule has 0 aromatic heterocycles. The number of methoxy groups -OCH3 is 1. The molecule has 2 aliphatic rings. The molecule has 2 aliphatic heterocycles. The van der Waals surface area contributed by atoms with Crippen molar-refractivity contribution >= 4 is 5.91 Å². The van der Waals surface area contributed by atoms with Gasteiger partial charge >= 0.3 is 0 Å². The zero-order chi connectivity index (χ0) is 20.2. The molecule has 0 bridgehead atoms. The molecule has 0 radical (unpaired) electrons. The number of carbonyl (C=O) groups excluding carboxylic acids is 1. The van der Waals surface area contributed by atoms with Gasteiger partial charge in [0, 0.05) is 13.0 Å². The summed E-state index contributed by atoms with van der Waals surface area (Å²) in [6.07, 6.45) is 3.92. The number of rotatable bonds is 5. The molecule has 1 fully saturated rings. The third kappa shape index (κ3) is 4.48. The molecule has 1 N–H and O–H groups in total. The molecule has 4 rings (SSSR count). The van der Waals surface area contributed by atoms with Crippen LogP contribution in [0, 0.1) is 11.8 Å². The largest absolute Gasteiger partial charge is 0.497 e. The first-order valence-electron chi connectivity index (χ1n) is 10.9. The van der Waals surface area contributed by atoms with Crippen molar-refractivity contribution in [3.63, 3.8) is 0 Å². The van der Waals surface area contributed by atoms with Gasteiger partial charge in [-0.25, -0.2) is 0 Å². The monoisotopic (exact) mass is 392 g/mol. The normalized spacial score (nSPS) is 22.6. The summed E-state index contributed by atoms with van der Waals surface area (Å²) in [5.74, 6) is 2.12. The predicted molar refractivity (Wildman–Crippen MR) is 116 cm³/mol. The van der Waals surface area contributed by atoms with Crippen molar-refractivity contribution in [1.29, 1.82) is 0 Å². The molecule has 29 heavy (non-hydrogen) atoms. The Bertz CT molecular complexity index is 830. The summed E-state index contributed by atoms with van der Waals surface area (Å²) < 4.78 is 5.42. The number of ether oxygens (including phenoxy) is 1. The average molecular weight is 393 g/mol. The van der Waals surface area contributed by atoms with Crippen molar-refractivity contribution < 1.29 is 9.53 Å². The van der Waals surface area contributed by atoms with Crippen LogP contribution in [0.4, 0.5) is 0 Å². The lowest BCUT2D eigenvalue weighted by molar-refractivity contribution is -0.136. The van der Waals surface area contributed by atoms with Gasteiger partial charge < -0.3 is 15.0 Å². The van der Waals surface area contributed by atoms with E-state index in [2.05, 4.69) is 53.5 Å². The highest BCUT2D eigenvalue weighted by Gasteiger charge is 2.33. The van der Waals surface area contributed by atoms with Gasteiger partial charge in [0.05, 0.1) is 13.2 Å². The predicted octanol–water partition coefficient (Wildman–Crippen LogP) is 4.35. The molecule has 3 atom stereocenters. The van der Waals surface area contributed by atoms with Crippen LogP contribution in [0.25, 0.3) is 0 Å². The number of amides is 1. The standard InChI is InChI=1S/C25H32N2O2/c1-18(21-9-6-12-26-16-21)13-25(28)27-17-22-14-23(29-2)11-10-20(22)15-24(27)19-7-4-3-5-8-19/h3-5,7-8,10-11,14,18,21,24,26H,6,9,12-13,15-17H2,1-2H3. The molecule has 4 heteroatoms. The third-order valence-electron chi connectivity index (χ3n) is 6.68. The zero-order valence-corrected chi connectivity index (χ0v) is 17.6. The number of nitrogens with one attached hydrogen (secondary N) is 1. The van der Waals surface area contributed by atoms with E-state index in [1.165, 1.54) is 29.5 Å². The Hall–Kier alpha value is -2.33. The van der Waals surface area contributed by atoms with Gasteiger partial charge in [0.25, 0.3) is 0 Å². The number of piperidine rings is 1. The van der Waals surface area contributed by atoms with E-state index in [-0.39, 0.29) is 11.9 Å². The van der Waals surface area contributed by atoms with Crippen LogP contribution in [0.5, 0.6) is 5.75 Å². The minimum absolute atomic E-state index is 0.0984. The molecule has 1 amide bonds. The van der Waals surface area contributed by atoms with Gasteiger partial charge in [-0.1, -0.05) is 43.3 Å². The molecule has 0 saturated carbocycles. The van der Waals surface area contributed by atoms with Gasteiger partial charge in [-0.3, -0.25) is 4.79 Å². The molecule has 154 valence electrons. The molecular weight excluding hydrogens is 360 g/mol. The lowest BCUT2D eigenvalue weighted by atomic mass is 9.84. The van der Waals surface area contributed by atoms with Gasteiger partial charge in [-0.15, -0.1) is 0 Å². The van der Waals surface area contributed by atoms with Gasteiger partial charge in [0.1, 0.15) is 5.75 Å². The van der Waals surface area contributed by atoms with Gasteiger partial charge in [0.15, 0.2) is 0 Å². The van der Waals surface area contributed by atoms with Crippen molar-refractivity contribution in [1.82, 2.24) is 10.2 Å². The van der Waals surface area contributed by atoms with E-state index in [9.17, 15) is 4.79 Å². The van der Waals surface area contributed by atoms with Crippen molar-refractivity contribution in [2.45, 2.75) is 45.2 Å². The molecule has 2 heterocycles. The average Bonchev–Trinajstić information content (AvgIpc) is 2.78. The number of fused-ring (bicyclic) bond motifs is 1. The summed E-state index contributed by atoms with van der Waals surface area (Å²) in [7, 11) is 1.69. The fraction of sp³-hybridized carbons (Fsp3) is 0.480. The minimum Gasteiger partial charge on any atom is -0.497 e. The molecule has 0 aliphatic carbocycles. The minimum atomic E-state index is 0.0984. The second-order valence-electron chi connectivity index (χ2n) is 8.57. The van der Waals surface area contributed by atoms with Gasteiger partial charge in [0.2, 0.25) is 5.91 Å². The lowest BCUT2D eigenvalue weighted by Gasteiger charge is -2.39. The van der Waals surface area contributed by atoms with E-state index in [1.807, 2.05) is 12.1 Å². The second-order valence-corrected chi connectivity index (χ2v) is 8.57. The Kier molecular flexibility index (Phi) is 6.19. The molecule has 0 spiro atoms. The topological polar surface area (TPSA) is 41.6 Å². The van der Waals surface area contributed by atoms with E-state index in [1.54, 1.807) is 7.11 Å². The van der Waals surface area contributed by atoms with Crippen molar-refractivity contribution in [3.8, 4) is 5.75 Å². The summed E-state index contributed by atoms with van der Waals surface area (Å²) >= 11 is 0. The zero-order valence-electron chi connectivity index (χ0n) is 17.6. The van der Waals surface area contributed by atoms with E-state index in [4.69, 9.17) is 4.74 Å². The van der Waals surface area contributed by atoms with Gasteiger partial charge in [-0.05, 0) is 73.0 Å². The Morgan fingerprint density at radius 3 is 2.76 bits per heavy atom. The van der Waals surface area contributed by atoms with Crippen LogP contribution in [-0.4, -0.2) is 31.0 Å². The maximum absolute atomic E-state index is 13.5. The molecular formula is C25H32N2O2. The highest BCUT2D eigenvalue weighted by atomic mass is 16.5. The first-order chi connectivity index (χ1) is 14.2. The molecule has 2 aromatic carbocycles. The number of hydrogen-bond donors (Lipinski definition) is 1. The fourth-order valence-corrected chi connectivity index (χ4v) is 4.85. The fourth-order valence-electron chi connectivity index (χ4n) is 4.85. The molecule has 4 nitrogen and oxygen atoms in total. The quantitative estimate of drug-likeness (QED) is 0.823. The summed E-state index contributed by atoms with van der Waals surface area (Å²) in [5.41, 5.74) is 3.74. The van der Waals surface area contributed by atoms with E-state index in [0.29, 0.717) is 24.8 Å². The number of hydrogen-bond acceptors (Lipinski definition) is 3. The summed E-state index contributed by atoms with van der Waals surface area (Å²) in [4.78, 5) is 15.6. The maximum Gasteiger partial charge on any atom is 0.223 e. The third-order valence-corrected chi connectivity index (χ3v) is 6.68. The smallest absolute Gasteiger partial charge is 0.223 e. The van der Waals surface area contributed by atoms with Crippen LogP contribution in [0.15, 0.2) is 48.5 Å². The van der Waals surface area contributed by atoms with E-state index < -0.39 is 0 Å². The number of carbonyl (C=O) groups is 1. The van der Waals surface area contributed by atoms with Crippen LogP contribution in [0.3, 0.4) is 0 Å². The SMILES string of the molecule is COc1ccc2c(c1)CN(C(=O)CC(C)C1CCCNC1)C(c1ccccc1)C2. The van der Waals surface area contributed by atoms with Crippen LogP contribution < -0.4 is 10.1 Å². The van der Waals surface area contributed by atoms with Crippen molar-refractivity contribution in [2.24, 2.45) is 11.8 Å². The maximum atomic E-state index is 13.5. The molecule has 1 saturated heterocycles. The Morgan fingerprint density at radius 2 is 2.03 bits per heavy atom. The summed E-state index contributed by atoms with van der Waals surface area (Å²) in [5, 5.41) is 3.49. The summed E-state index contributed by atoms with van der Waals surface area (Å²) in [6.45, 7) is 5.04. The summed E-state index contributed by atoms with van der Waals surface area (Å²) in [6, 6.07) is 16.8. The Balaban J connectivity index is 1.57. The Labute approximate surface area is 174 Å².